The topological polar surface area (TPSA) is 47.9 Å². The van der Waals surface area contributed by atoms with Crippen LogP contribution in [0.25, 0.3) is 0 Å². The van der Waals surface area contributed by atoms with E-state index in [1.807, 2.05) is 6.07 Å². The molecule has 0 amide bonds. The van der Waals surface area contributed by atoms with Gasteiger partial charge in [-0.3, -0.25) is 4.90 Å². The van der Waals surface area contributed by atoms with Gasteiger partial charge >= 0.3 is 0 Å². The van der Waals surface area contributed by atoms with Crippen LogP contribution in [0.2, 0.25) is 10.0 Å². The molecule has 0 bridgehead atoms. The standard InChI is InChI=1S/C11H9Cl2N3O/c1-5-10(17)16-8-3-2-7(12)9(13)6(8)4-14-11(16)15-5/h2-3,10,17H,1,4H2,(H,14,15). The second kappa shape index (κ2) is 3.63. The lowest BCUT2D eigenvalue weighted by atomic mass is 10.1. The number of aliphatic imine (C=N–C) groups is 1. The molecule has 2 aliphatic rings. The average molecular weight is 270 g/mol. The molecule has 0 aliphatic carbocycles. The number of benzene rings is 1. The SMILES string of the molecule is C=C1NC2=NCc3c(ccc(Cl)c3Cl)N2C1O. The van der Waals surface area contributed by atoms with Crippen LogP contribution < -0.4 is 10.2 Å². The Bertz CT molecular complexity index is 556. The second-order valence-corrected chi connectivity index (χ2v) is 4.68. The largest absolute Gasteiger partial charge is 0.368 e. The number of nitrogens with zero attached hydrogens (tertiary/aromatic N) is 2. The molecule has 0 radical (unpaired) electrons. The number of halogens is 2. The van der Waals surface area contributed by atoms with Crippen molar-refractivity contribution in [3.05, 3.63) is 40.0 Å². The summed E-state index contributed by atoms with van der Waals surface area (Å²) in [5.41, 5.74) is 2.13. The third-order valence-corrected chi connectivity index (χ3v) is 3.72. The maximum Gasteiger partial charge on any atom is 0.205 e. The molecule has 0 aromatic heterocycles. The van der Waals surface area contributed by atoms with Crippen LogP contribution in [0.3, 0.4) is 0 Å². The highest BCUT2D eigenvalue weighted by Gasteiger charge is 2.36. The monoisotopic (exact) mass is 269 g/mol. The van der Waals surface area contributed by atoms with Gasteiger partial charge in [-0.2, -0.15) is 0 Å². The molecule has 1 saturated heterocycles. The molecule has 1 atom stereocenters. The van der Waals surface area contributed by atoms with Crippen molar-refractivity contribution >= 4 is 34.8 Å². The minimum atomic E-state index is -0.829. The molecule has 2 N–H and O–H groups in total. The van der Waals surface area contributed by atoms with Gasteiger partial charge in [-0.15, -0.1) is 0 Å². The van der Waals surface area contributed by atoms with Crippen LogP contribution in [-0.4, -0.2) is 17.3 Å². The first-order valence-corrected chi connectivity index (χ1v) is 5.79. The van der Waals surface area contributed by atoms with Crippen LogP contribution >= 0.6 is 23.2 Å². The molecule has 1 aromatic rings. The first-order chi connectivity index (χ1) is 8.09. The lowest BCUT2D eigenvalue weighted by molar-refractivity contribution is 0.226. The van der Waals surface area contributed by atoms with Gasteiger partial charge in [0.1, 0.15) is 0 Å². The van der Waals surface area contributed by atoms with Gasteiger partial charge in [0, 0.05) is 5.56 Å². The van der Waals surface area contributed by atoms with Gasteiger partial charge in [-0.1, -0.05) is 29.8 Å². The minimum absolute atomic E-state index is 0.438. The predicted molar refractivity (Wildman–Crippen MR) is 68.4 cm³/mol. The number of aliphatic hydroxyl groups excluding tert-OH is 1. The normalized spacial score (nSPS) is 21.8. The summed E-state index contributed by atoms with van der Waals surface area (Å²) in [7, 11) is 0. The Morgan fingerprint density at radius 3 is 3.00 bits per heavy atom. The summed E-state index contributed by atoms with van der Waals surface area (Å²) in [6.07, 6.45) is -0.829. The Hall–Kier alpha value is -1.23. The van der Waals surface area contributed by atoms with Crippen LogP contribution in [0, 0.1) is 0 Å². The lowest BCUT2D eigenvalue weighted by Crippen LogP contribution is -2.37. The summed E-state index contributed by atoms with van der Waals surface area (Å²) in [6, 6.07) is 3.53. The molecule has 3 rings (SSSR count). The Balaban J connectivity index is 2.18. The summed E-state index contributed by atoms with van der Waals surface area (Å²) < 4.78 is 0. The maximum atomic E-state index is 10.0. The van der Waals surface area contributed by atoms with Crippen molar-refractivity contribution in [2.75, 3.05) is 4.90 Å². The van der Waals surface area contributed by atoms with E-state index in [0.29, 0.717) is 28.2 Å². The molecule has 1 unspecified atom stereocenters. The van der Waals surface area contributed by atoms with Crippen LogP contribution in [0.4, 0.5) is 5.69 Å². The van der Waals surface area contributed by atoms with Crippen molar-refractivity contribution in [3.8, 4) is 0 Å². The lowest BCUT2D eigenvalue weighted by Gasteiger charge is -2.27. The molecule has 4 nitrogen and oxygen atoms in total. The molecule has 1 fully saturated rings. The summed E-state index contributed by atoms with van der Waals surface area (Å²) in [6.45, 7) is 4.17. The maximum absolute atomic E-state index is 10.0. The number of nitrogens with one attached hydrogen (secondary N) is 1. The average Bonchev–Trinajstić information content (AvgIpc) is 2.60. The molecule has 1 aromatic carbocycles. The highest BCUT2D eigenvalue weighted by atomic mass is 35.5. The number of fused-ring (bicyclic) bond motifs is 3. The first-order valence-electron chi connectivity index (χ1n) is 5.04. The number of guanidine groups is 1. The van der Waals surface area contributed by atoms with E-state index in [9.17, 15) is 5.11 Å². The molecule has 0 spiro atoms. The minimum Gasteiger partial charge on any atom is -0.368 e. The van der Waals surface area contributed by atoms with Crippen molar-refractivity contribution in [2.45, 2.75) is 12.8 Å². The highest BCUT2D eigenvalue weighted by molar-refractivity contribution is 6.42. The van der Waals surface area contributed by atoms with E-state index < -0.39 is 6.23 Å². The van der Waals surface area contributed by atoms with Gasteiger partial charge in [-0.25, -0.2) is 4.99 Å². The first kappa shape index (κ1) is 10.9. The van der Waals surface area contributed by atoms with Crippen LogP contribution in [0.1, 0.15) is 5.56 Å². The molecule has 17 heavy (non-hydrogen) atoms. The van der Waals surface area contributed by atoms with E-state index in [4.69, 9.17) is 23.2 Å². The molecule has 6 heteroatoms. The second-order valence-electron chi connectivity index (χ2n) is 3.89. The summed E-state index contributed by atoms with van der Waals surface area (Å²) >= 11 is 12.1. The van der Waals surface area contributed by atoms with Crippen LogP contribution in [0.15, 0.2) is 29.4 Å². The Labute approximate surface area is 108 Å². The number of aliphatic hydroxyl groups is 1. The fourth-order valence-electron chi connectivity index (χ4n) is 2.01. The number of hydrogen-bond acceptors (Lipinski definition) is 4. The van der Waals surface area contributed by atoms with Crippen molar-refractivity contribution < 1.29 is 5.11 Å². The van der Waals surface area contributed by atoms with E-state index in [1.54, 1.807) is 11.0 Å². The molecule has 2 heterocycles. The zero-order chi connectivity index (χ0) is 12.2. The molecule has 88 valence electrons. The van der Waals surface area contributed by atoms with Crippen molar-refractivity contribution in [1.29, 1.82) is 0 Å². The van der Waals surface area contributed by atoms with Gasteiger partial charge in [0.05, 0.1) is 28.0 Å². The van der Waals surface area contributed by atoms with Crippen LogP contribution in [0.5, 0.6) is 0 Å². The zero-order valence-corrected chi connectivity index (χ0v) is 10.3. The quantitative estimate of drug-likeness (QED) is 0.759. The third kappa shape index (κ3) is 1.45. The van der Waals surface area contributed by atoms with Gasteiger partial charge in [0.25, 0.3) is 0 Å². The van der Waals surface area contributed by atoms with E-state index in [2.05, 4.69) is 16.9 Å². The number of anilines is 1. The Morgan fingerprint density at radius 2 is 2.24 bits per heavy atom. The summed E-state index contributed by atoms with van der Waals surface area (Å²) in [4.78, 5) is 5.96. The van der Waals surface area contributed by atoms with Crippen molar-refractivity contribution in [2.24, 2.45) is 4.99 Å². The molecular weight excluding hydrogens is 261 g/mol. The van der Waals surface area contributed by atoms with Crippen molar-refractivity contribution in [3.63, 3.8) is 0 Å². The smallest absolute Gasteiger partial charge is 0.205 e. The van der Waals surface area contributed by atoms with E-state index >= 15 is 0 Å². The van der Waals surface area contributed by atoms with Gasteiger partial charge in [0.15, 0.2) is 6.23 Å². The fraction of sp³-hybridized carbons (Fsp3) is 0.182. The Kier molecular flexibility index (Phi) is 2.33. The fourth-order valence-corrected chi connectivity index (χ4v) is 2.41. The molecule has 0 saturated carbocycles. The summed E-state index contributed by atoms with van der Waals surface area (Å²) in [5, 5.41) is 13.9. The predicted octanol–water partition coefficient (Wildman–Crippen LogP) is 2.10. The highest BCUT2D eigenvalue weighted by Crippen LogP contribution is 2.38. The van der Waals surface area contributed by atoms with E-state index in [-0.39, 0.29) is 0 Å². The molecule has 2 aliphatic heterocycles. The Morgan fingerprint density at radius 1 is 1.47 bits per heavy atom. The molecular formula is C11H9Cl2N3O. The number of rotatable bonds is 0. The number of hydrogen-bond donors (Lipinski definition) is 2. The van der Waals surface area contributed by atoms with Gasteiger partial charge in [-0.05, 0) is 12.1 Å². The van der Waals surface area contributed by atoms with Gasteiger partial charge in [0.2, 0.25) is 5.96 Å². The van der Waals surface area contributed by atoms with Crippen molar-refractivity contribution in [1.82, 2.24) is 5.32 Å². The summed E-state index contributed by atoms with van der Waals surface area (Å²) in [5.74, 6) is 0.591. The van der Waals surface area contributed by atoms with Gasteiger partial charge < -0.3 is 10.4 Å². The van der Waals surface area contributed by atoms with E-state index in [1.165, 1.54) is 0 Å². The third-order valence-electron chi connectivity index (χ3n) is 2.87. The van der Waals surface area contributed by atoms with E-state index in [0.717, 1.165) is 11.3 Å². The zero-order valence-electron chi connectivity index (χ0n) is 8.74. The van der Waals surface area contributed by atoms with Crippen LogP contribution in [-0.2, 0) is 6.54 Å².